The van der Waals surface area contributed by atoms with Crippen LogP contribution in [-0.2, 0) is 29.4 Å². The first-order chi connectivity index (χ1) is 15.7. The fourth-order valence-corrected chi connectivity index (χ4v) is 3.37. The second-order valence-electron chi connectivity index (χ2n) is 6.87. The zero-order chi connectivity index (χ0) is 25.0. The average Bonchev–Trinajstić information content (AvgIpc) is 2.81. The van der Waals surface area contributed by atoms with Crippen LogP contribution < -0.4 is 10.9 Å². The number of hydrogen-bond donors (Lipinski definition) is 3. The van der Waals surface area contributed by atoms with Crippen molar-refractivity contribution in [1.82, 2.24) is 10.9 Å². The number of nitrogens with one attached hydrogen (secondary N) is 2. The number of aliphatic hydroxyl groups excluding tert-OH is 1. The molecule has 0 fully saturated rings. The number of amides is 2. The molecule has 2 aromatic rings. The topological polar surface area (TPSA) is 107 Å². The van der Waals surface area contributed by atoms with Gasteiger partial charge in [0.25, 0.3) is 5.91 Å². The van der Waals surface area contributed by atoms with Crippen molar-refractivity contribution in [3.8, 4) is 6.07 Å². The first-order valence-corrected chi connectivity index (χ1v) is 12.6. The lowest BCUT2D eigenvalue weighted by molar-refractivity contribution is -0.128. The summed E-state index contributed by atoms with van der Waals surface area (Å²) >= 11 is 10.7. The molecule has 0 aromatic heterocycles. The second kappa shape index (κ2) is 14.3. The molecular weight excluding hydrogens is 479 g/mol. The third kappa shape index (κ3) is 8.20. The third-order valence-electron chi connectivity index (χ3n) is 4.73. The highest BCUT2D eigenvalue weighted by Gasteiger charge is 2.26. The number of benzene rings is 2. The van der Waals surface area contributed by atoms with Crippen LogP contribution in [0.4, 0.5) is 5.69 Å². The average molecular weight is 503 g/mol. The van der Waals surface area contributed by atoms with E-state index in [0.717, 1.165) is 18.5 Å². The van der Waals surface area contributed by atoms with Gasteiger partial charge in [0.2, 0.25) is 11.6 Å². The minimum absolute atomic E-state index is 0.192. The normalized spacial score (nSPS) is 11.7. The molecule has 0 aliphatic carbocycles. The monoisotopic (exact) mass is 502 g/mol. The number of nitriles is 1. The molecule has 3 N–H and O–H groups in total. The summed E-state index contributed by atoms with van der Waals surface area (Å²) in [5.41, 5.74) is 7.20. The summed E-state index contributed by atoms with van der Waals surface area (Å²) in [5, 5.41) is 19.3. The Labute approximate surface area is 205 Å². The lowest BCUT2D eigenvalue weighted by Crippen LogP contribution is -2.47. The smallest absolute Gasteiger partial charge is 0.269 e. The molecule has 0 saturated heterocycles. The van der Waals surface area contributed by atoms with Gasteiger partial charge in [0.15, 0.2) is 0 Å². The molecule has 33 heavy (non-hydrogen) atoms. The van der Waals surface area contributed by atoms with Crippen LogP contribution in [-0.4, -0.2) is 29.7 Å². The Bertz CT molecular complexity index is 1080. The minimum atomic E-state index is -0.985. The largest absolute Gasteiger partial charge is 0.393 e. The van der Waals surface area contributed by atoms with Gasteiger partial charge in [0.05, 0.1) is 35.2 Å². The fourth-order valence-electron chi connectivity index (χ4n) is 3.01. The Balaban J connectivity index is 0.00000172. The van der Waals surface area contributed by atoms with E-state index in [1.807, 2.05) is 19.7 Å². The summed E-state index contributed by atoms with van der Waals surface area (Å²) in [6.07, 6.45) is -0.223. The van der Waals surface area contributed by atoms with E-state index in [-0.39, 0.29) is 12.0 Å². The summed E-state index contributed by atoms with van der Waals surface area (Å²) in [5.74, 6) is -1.94. The molecule has 0 bridgehead atoms. The van der Waals surface area contributed by atoms with Gasteiger partial charge in [-0.15, -0.1) is 0 Å². The number of hydrazine groups is 1. The van der Waals surface area contributed by atoms with Crippen LogP contribution in [0.1, 0.15) is 40.9 Å². The van der Waals surface area contributed by atoms with Crippen molar-refractivity contribution in [3.05, 3.63) is 75.1 Å². The van der Waals surface area contributed by atoms with Crippen LogP contribution in [0.25, 0.3) is 4.85 Å². The number of rotatable bonds is 6. The van der Waals surface area contributed by atoms with Crippen molar-refractivity contribution in [2.24, 2.45) is 5.92 Å². The lowest BCUT2D eigenvalue weighted by atomic mass is 9.90. The van der Waals surface area contributed by atoms with E-state index in [1.165, 1.54) is 31.2 Å². The maximum absolute atomic E-state index is 12.6. The molecule has 0 aliphatic heterocycles. The molecular formula is C23H24ClN4O3PS. The van der Waals surface area contributed by atoms with Crippen LogP contribution in [0.5, 0.6) is 0 Å². The summed E-state index contributed by atoms with van der Waals surface area (Å²) in [4.78, 5) is 28.2. The molecule has 2 rings (SSSR count). The van der Waals surface area contributed by atoms with E-state index in [1.54, 1.807) is 12.1 Å². The number of hydrogen-bond acceptors (Lipinski definition) is 5. The Hall–Kier alpha value is -2.87. The summed E-state index contributed by atoms with van der Waals surface area (Å²) in [6.45, 7) is 12.5. The fraction of sp³-hybridized carbons (Fsp3) is 0.304. The van der Waals surface area contributed by atoms with Gasteiger partial charge < -0.3 is 5.11 Å². The van der Waals surface area contributed by atoms with Gasteiger partial charge >= 0.3 is 0 Å². The van der Waals surface area contributed by atoms with Crippen molar-refractivity contribution < 1.29 is 14.7 Å². The van der Waals surface area contributed by atoms with Crippen molar-refractivity contribution in [2.45, 2.75) is 32.8 Å². The van der Waals surface area contributed by atoms with Crippen LogP contribution >= 0.6 is 19.0 Å². The first kappa shape index (κ1) is 28.2. The standard InChI is InChI=1S/C22H21ClN4O3.CH3PS/c1-4-17-16(9-10-19(25-3)20(17)23)11-18(13(2)28)22(30)27-26-21(29)15-7-5-14(12-24)6-8-15;1-2-3/h5-10,13,18,28H,4,11H2,1-2H3,(H,26,29)(H,27,30);1H3/t13-,18+;/m0./s1. The molecule has 0 saturated carbocycles. The van der Waals surface area contributed by atoms with E-state index in [9.17, 15) is 14.7 Å². The third-order valence-corrected chi connectivity index (χ3v) is 5.15. The predicted octanol–water partition coefficient (Wildman–Crippen LogP) is 4.35. The molecule has 7 nitrogen and oxygen atoms in total. The van der Waals surface area contributed by atoms with E-state index < -0.39 is 23.8 Å². The van der Waals surface area contributed by atoms with E-state index in [4.69, 9.17) is 23.4 Å². The lowest BCUT2D eigenvalue weighted by Gasteiger charge is -2.21. The number of nitrogens with zero attached hydrogens (tertiary/aromatic N) is 2. The molecule has 10 heteroatoms. The minimum Gasteiger partial charge on any atom is -0.393 e. The predicted molar refractivity (Wildman–Crippen MR) is 133 cm³/mol. The highest BCUT2D eigenvalue weighted by atomic mass is 35.5. The van der Waals surface area contributed by atoms with Gasteiger partial charge in [-0.2, -0.15) is 5.26 Å². The molecule has 2 atom stereocenters. The Morgan fingerprint density at radius 2 is 1.88 bits per heavy atom. The van der Waals surface area contributed by atoms with Crippen LogP contribution in [0.15, 0.2) is 36.4 Å². The molecule has 0 spiro atoms. The van der Waals surface area contributed by atoms with Crippen molar-refractivity contribution in [3.63, 3.8) is 0 Å². The van der Waals surface area contributed by atoms with Crippen LogP contribution in [0, 0.1) is 23.8 Å². The van der Waals surface area contributed by atoms with E-state index >= 15 is 0 Å². The van der Waals surface area contributed by atoms with Gasteiger partial charge in [-0.25, -0.2) is 4.85 Å². The highest BCUT2D eigenvalue weighted by molar-refractivity contribution is 7.96. The van der Waals surface area contributed by atoms with Crippen LogP contribution in [0.3, 0.4) is 0 Å². The number of carbonyl (C=O) groups is 2. The van der Waals surface area contributed by atoms with Gasteiger partial charge in [-0.1, -0.05) is 42.5 Å². The summed E-state index contributed by atoms with van der Waals surface area (Å²) in [6, 6.07) is 11.2. The van der Waals surface area contributed by atoms with Gasteiger partial charge in [0.1, 0.15) is 0 Å². The Kier molecular flexibility index (Phi) is 12.2. The zero-order valence-corrected chi connectivity index (χ0v) is 20.9. The molecule has 172 valence electrons. The molecule has 0 heterocycles. The zero-order valence-electron chi connectivity index (χ0n) is 18.4. The van der Waals surface area contributed by atoms with E-state index in [0.29, 0.717) is 22.7 Å². The number of halogens is 1. The molecule has 0 aliphatic rings. The molecule has 0 unspecified atom stereocenters. The van der Waals surface area contributed by atoms with Gasteiger partial charge in [-0.05, 0) is 69.2 Å². The van der Waals surface area contributed by atoms with Gasteiger partial charge in [-0.3, -0.25) is 20.4 Å². The Morgan fingerprint density at radius 3 is 2.36 bits per heavy atom. The van der Waals surface area contributed by atoms with Crippen molar-refractivity contribution in [1.29, 1.82) is 5.26 Å². The summed E-state index contributed by atoms with van der Waals surface area (Å²) in [7, 11) is 1.00. The van der Waals surface area contributed by atoms with Crippen molar-refractivity contribution >= 4 is 48.3 Å². The highest BCUT2D eigenvalue weighted by Crippen LogP contribution is 2.33. The maximum Gasteiger partial charge on any atom is 0.269 e. The van der Waals surface area contributed by atoms with E-state index in [2.05, 4.69) is 27.5 Å². The quantitative estimate of drug-likeness (QED) is 0.309. The summed E-state index contributed by atoms with van der Waals surface area (Å²) < 4.78 is 0. The van der Waals surface area contributed by atoms with Gasteiger partial charge in [0, 0.05) is 5.56 Å². The maximum atomic E-state index is 12.6. The van der Waals surface area contributed by atoms with Crippen molar-refractivity contribution in [2.75, 3.05) is 6.66 Å². The Morgan fingerprint density at radius 1 is 1.27 bits per heavy atom. The second-order valence-corrected chi connectivity index (χ2v) is 8.71. The molecule has 2 aromatic carbocycles. The first-order valence-electron chi connectivity index (χ1n) is 9.91. The molecule has 2 amide bonds. The number of carbonyl (C=O) groups excluding carboxylic acids is 2. The molecule has 0 radical (unpaired) electrons. The SMILES string of the molecule is CP=S.[C-]#[N+]c1ccc(C[C@@H](C(=O)NNC(=O)c2ccc(C#N)cc2)[C@H](C)O)c(CC)c1Cl. The number of aliphatic hydroxyl groups is 1. The van der Waals surface area contributed by atoms with Crippen LogP contribution in [0.2, 0.25) is 5.02 Å².